The molecule has 9 nitrogen and oxygen atoms in total. The molecule has 0 aliphatic heterocycles. The van der Waals surface area contributed by atoms with Gasteiger partial charge in [-0.25, -0.2) is 4.79 Å². The van der Waals surface area contributed by atoms with E-state index in [0.717, 1.165) is 17.7 Å². The number of nitrogens with two attached hydrogens (primary N) is 1. The molecule has 0 saturated heterocycles. The van der Waals surface area contributed by atoms with Gasteiger partial charge in [0.1, 0.15) is 5.75 Å². The summed E-state index contributed by atoms with van der Waals surface area (Å²) in [6.07, 6.45) is 0.168. The fourth-order valence-corrected chi connectivity index (χ4v) is 3.57. The number of phenolic OH excluding ortho intramolecular Hbond substituents is 1. The number of amides is 3. The smallest absolute Gasteiger partial charge is 0.316 e. The highest BCUT2D eigenvalue weighted by atomic mass is 16.3. The zero-order chi connectivity index (χ0) is 25.3. The van der Waals surface area contributed by atoms with Gasteiger partial charge in [0.25, 0.3) is 0 Å². The van der Waals surface area contributed by atoms with E-state index in [1.54, 1.807) is 6.07 Å². The number of aliphatic hydroxyl groups is 1. The molecule has 3 amide bonds. The number of nitrogens with zero attached hydrogens (tertiary/aromatic N) is 1. The Labute approximate surface area is 201 Å². The number of hydrogen-bond acceptors (Lipinski definition) is 6. The molecule has 2 rings (SSSR count). The molecule has 186 valence electrons. The molecule has 0 heterocycles. The molecule has 9 heteroatoms. The summed E-state index contributed by atoms with van der Waals surface area (Å²) in [7, 11) is 3.93. The number of anilines is 1. The van der Waals surface area contributed by atoms with Crippen molar-refractivity contribution in [3.8, 4) is 5.75 Å². The Balaban J connectivity index is 1.93. The summed E-state index contributed by atoms with van der Waals surface area (Å²) in [5, 5.41) is 29.1. The minimum Gasteiger partial charge on any atom is -0.506 e. The minimum atomic E-state index is -0.856. The summed E-state index contributed by atoms with van der Waals surface area (Å²) in [6.45, 7) is 5.76. The summed E-state index contributed by atoms with van der Waals surface area (Å²) in [5.74, 6) is -0.132. The number of likely N-dealkylation sites (N-methyl/N-ethyl adjacent to an activating group) is 1. The Kier molecular flexibility index (Phi) is 9.85. The number of aliphatic hydroxyl groups excluding tert-OH is 1. The number of aromatic hydroxyl groups is 1. The zero-order valence-electron chi connectivity index (χ0n) is 20.4. The number of carbonyl (C=O) groups excluding carboxylic acids is 2. The molecule has 0 radical (unpaired) electrons. The van der Waals surface area contributed by atoms with Gasteiger partial charge in [0.2, 0.25) is 5.91 Å². The van der Waals surface area contributed by atoms with Gasteiger partial charge in [-0.05, 0) is 63.2 Å². The maximum atomic E-state index is 12.2. The van der Waals surface area contributed by atoms with Gasteiger partial charge in [0.05, 0.1) is 18.2 Å². The van der Waals surface area contributed by atoms with Crippen LogP contribution in [0.5, 0.6) is 5.75 Å². The Hall–Kier alpha value is -3.14. The number of benzene rings is 2. The summed E-state index contributed by atoms with van der Waals surface area (Å²) in [5.41, 5.74) is 7.50. The Morgan fingerprint density at radius 3 is 2.50 bits per heavy atom. The van der Waals surface area contributed by atoms with Crippen LogP contribution >= 0.6 is 0 Å². The van der Waals surface area contributed by atoms with Crippen molar-refractivity contribution in [3.63, 3.8) is 0 Å². The van der Waals surface area contributed by atoms with Crippen molar-refractivity contribution in [1.29, 1.82) is 0 Å². The van der Waals surface area contributed by atoms with Crippen LogP contribution in [0.15, 0.2) is 42.5 Å². The Bertz CT molecular complexity index is 978. The van der Waals surface area contributed by atoms with Crippen LogP contribution in [-0.4, -0.2) is 66.3 Å². The van der Waals surface area contributed by atoms with Gasteiger partial charge < -0.3 is 36.8 Å². The predicted molar refractivity (Wildman–Crippen MR) is 134 cm³/mol. The van der Waals surface area contributed by atoms with E-state index in [9.17, 15) is 19.8 Å². The second-order valence-corrected chi connectivity index (χ2v) is 9.37. The summed E-state index contributed by atoms with van der Waals surface area (Å²) in [4.78, 5) is 25.3. The van der Waals surface area contributed by atoms with Gasteiger partial charge in [-0.15, -0.1) is 0 Å². The van der Waals surface area contributed by atoms with Gasteiger partial charge >= 0.3 is 6.03 Å². The number of carbonyl (C=O) groups is 2. The maximum Gasteiger partial charge on any atom is 0.316 e. The number of urea groups is 1. The average molecular weight is 472 g/mol. The fraction of sp³-hybridized carbons (Fsp3) is 0.440. The molecule has 0 aromatic heterocycles. The van der Waals surface area contributed by atoms with Crippen molar-refractivity contribution in [2.24, 2.45) is 5.73 Å². The third-order valence-corrected chi connectivity index (χ3v) is 5.32. The van der Waals surface area contributed by atoms with Crippen LogP contribution < -0.4 is 21.7 Å². The molecule has 1 atom stereocenters. The molecular formula is C25H37N5O4. The van der Waals surface area contributed by atoms with E-state index >= 15 is 0 Å². The quantitative estimate of drug-likeness (QED) is 0.261. The van der Waals surface area contributed by atoms with Crippen LogP contribution in [0, 0.1) is 0 Å². The molecule has 0 saturated carbocycles. The Morgan fingerprint density at radius 1 is 1.12 bits per heavy atom. The van der Waals surface area contributed by atoms with E-state index in [4.69, 9.17) is 5.73 Å². The van der Waals surface area contributed by atoms with Crippen LogP contribution in [-0.2, 0) is 17.6 Å². The minimum absolute atomic E-state index is 0.00130. The number of primary amides is 1. The molecule has 0 aliphatic carbocycles. The second kappa shape index (κ2) is 12.4. The van der Waals surface area contributed by atoms with Crippen LogP contribution in [0.3, 0.4) is 0 Å². The number of hydrogen-bond donors (Lipinski definition) is 6. The van der Waals surface area contributed by atoms with Crippen LogP contribution in [0.25, 0.3) is 0 Å². The second-order valence-electron chi connectivity index (χ2n) is 9.37. The topological polar surface area (TPSA) is 140 Å². The summed E-state index contributed by atoms with van der Waals surface area (Å²) in [6, 6.07) is 11.6. The van der Waals surface area contributed by atoms with Gasteiger partial charge in [-0.3, -0.25) is 4.79 Å². The molecule has 34 heavy (non-hydrogen) atoms. The molecule has 0 aliphatic rings. The van der Waals surface area contributed by atoms with Crippen LogP contribution in [0.1, 0.15) is 36.6 Å². The van der Waals surface area contributed by atoms with Crippen molar-refractivity contribution in [2.45, 2.75) is 38.3 Å². The van der Waals surface area contributed by atoms with Crippen LogP contribution in [0.2, 0.25) is 0 Å². The maximum absolute atomic E-state index is 12.2. The van der Waals surface area contributed by atoms with Crippen molar-refractivity contribution in [1.82, 2.24) is 15.5 Å². The monoisotopic (exact) mass is 471 g/mol. The lowest BCUT2D eigenvalue weighted by Gasteiger charge is -2.28. The first-order valence-electron chi connectivity index (χ1n) is 11.3. The molecule has 0 unspecified atom stereocenters. The number of phenols is 1. The number of rotatable bonds is 12. The molecule has 7 N–H and O–H groups in total. The SMILES string of the molecule is CN(C)CCNC(=O)Cc1cccc(CC(C)(C)NC[C@H](O)c2ccc(O)c(NC(N)=O)c2)c1. The van der Waals surface area contributed by atoms with E-state index in [1.165, 1.54) is 12.1 Å². The third-order valence-electron chi connectivity index (χ3n) is 5.32. The van der Waals surface area contributed by atoms with E-state index in [1.807, 2.05) is 57.1 Å². The predicted octanol–water partition coefficient (Wildman–Crippen LogP) is 1.75. The lowest BCUT2D eigenvalue weighted by Crippen LogP contribution is -2.43. The van der Waals surface area contributed by atoms with Crippen molar-refractivity contribution >= 4 is 17.6 Å². The first kappa shape index (κ1) is 27.1. The van der Waals surface area contributed by atoms with Crippen LogP contribution in [0.4, 0.5) is 10.5 Å². The number of nitrogens with one attached hydrogen (secondary N) is 3. The van der Waals surface area contributed by atoms with E-state index in [2.05, 4.69) is 16.0 Å². The Morgan fingerprint density at radius 2 is 1.82 bits per heavy atom. The van der Waals surface area contributed by atoms with Crippen molar-refractivity contribution in [3.05, 3.63) is 59.2 Å². The lowest BCUT2D eigenvalue weighted by molar-refractivity contribution is -0.120. The normalized spacial score (nSPS) is 12.4. The van der Waals surface area contributed by atoms with Gasteiger partial charge in [-0.2, -0.15) is 0 Å². The van der Waals surface area contributed by atoms with E-state index < -0.39 is 12.1 Å². The van der Waals surface area contributed by atoms with Crippen molar-refractivity contribution in [2.75, 3.05) is 39.0 Å². The molecule has 0 bridgehead atoms. The average Bonchev–Trinajstić information content (AvgIpc) is 2.73. The van der Waals surface area contributed by atoms with Gasteiger partial charge in [0, 0.05) is 25.2 Å². The summed E-state index contributed by atoms with van der Waals surface area (Å²) >= 11 is 0. The largest absolute Gasteiger partial charge is 0.506 e. The number of β-amino-alcohol motifs (C(OH)–C–C–N with tert-alkyl or cyclic N) is 1. The zero-order valence-corrected chi connectivity index (χ0v) is 20.4. The molecular weight excluding hydrogens is 434 g/mol. The molecule has 0 spiro atoms. The standard InChI is InChI=1S/C25H37N5O4/c1-25(2,28-16-22(32)19-8-9-21(31)20(14-19)29-24(26)34)15-18-7-5-6-17(12-18)13-23(33)27-10-11-30(3)4/h5-9,12,14,22,28,31-32H,10-11,13,15-16H2,1-4H3,(H,27,33)(H3,26,29,34)/t22-/m0/s1. The van der Waals surface area contributed by atoms with E-state index in [0.29, 0.717) is 24.9 Å². The molecule has 0 fully saturated rings. The van der Waals surface area contributed by atoms with Gasteiger partial charge in [0.15, 0.2) is 0 Å². The first-order valence-corrected chi connectivity index (χ1v) is 11.3. The fourth-order valence-electron chi connectivity index (χ4n) is 3.57. The van der Waals surface area contributed by atoms with Crippen molar-refractivity contribution < 1.29 is 19.8 Å². The highest BCUT2D eigenvalue weighted by Crippen LogP contribution is 2.27. The molecule has 2 aromatic carbocycles. The third kappa shape index (κ3) is 9.38. The van der Waals surface area contributed by atoms with Gasteiger partial charge in [-0.1, -0.05) is 30.3 Å². The summed E-state index contributed by atoms with van der Waals surface area (Å²) < 4.78 is 0. The lowest BCUT2D eigenvalue weighted by atomic mass is 9.93. The highest BCUT2D eigenvalue weighted by molar-refractivity contribution is 5.89. The molecule has 2 aromatic rings. The first-order chi connectivity index (χ1) is 15.9. The highest BCUT2D eigenvalue weighted by Gasteiger charge is 2.21. The van der Waals surface area contributed by atoms with E-state index in [-0.39, 0.29) is 29.4 Å².